The highest BCUT2D eigenvalue weighted by molar-refractivity contribution is 6.33. The molecule has 0 bridgehead atoms. The zero-order valence-corrected chi connectivity index (χ0v) is 14.6. The largest absolute Gasteiger partial charge is 0.323 e. The monoisotopic (exact) mass is 372 g/mol. The Labute approximate surface area is 149 Å². The SMILES string of the molecule is C[C@@H](C(=O)Nc1ccc(F)cc1Cl)N(C)Cc1c(F)cccc1Cl. The van der Waals surface area contributed by atoms with Gasteiger partial charge in [-0.05, 0) is 44.3 Å². The second kappa shape index (κ2) is 7.92. The Bertz CT molecular complexity index is 735. The number of carbonyl (C=O) groups is 1. The Balaban J connectivity index is 2.07. The first-order valence-electron chi connectivity index (χ1n) is 7.18. The zero-order chi connectivity index (χ0) is 17.9. The molecule has 0 heterocycles. The van der Waals surface area contributed by atoms with Gasteiger partial charge < -0.3 is 5.32 Å². The van der Waals surface area contributed by atoms with E-state index < -0.39 is 17.7 Å². The van der Waals surface area contributed by atoms with Crippen LogP contribution < -0.4 is 5.32 Å². The van der Waals surface area contributed by atoms with Gasteiger partial charge in [0.25, 0.3) is 0 Å². The maximum Gasteiger partial charge on any atom is 0.241 e. The molecule has 0 saturated carbocycles. The second-order valence-electron chi connectivity index (χ2n) is 5.40. The zero-order valence-electron chi connectivity index (χ0n) is 13.1. The summed E-state index contributed by atoms with van der Waals surface area (Å²) in [6, 6.07) is 7.56. The summed E-state index contributed by atoms with van der Waals surface area (Å²) < 4.78 is 26.9. The van der Waals surface area contributed by atoms with Crippen molar-refractivity contribution in [3.05, 3.63) is 63.6 Å². The maximum atomic E-state index is 13.8. The number of anilines is 1. The highest BCUT2D eigenvalue weighted by atomic mass is 35.5. The van der Waals surface area contributed by atoms with E-state index in [0.29, 0.717) is 16.3 Å². The van der Waals surface area contributed by atoms with Crippen LogP contribution in [0.4, 0.5) is 14.5 Å². The number of carbonyl (C=O) groups excluding carboxylic acids is 1. The van der Waals surface area contributed by atoms with Crippen molar-refractivity contribution in [1.29, 1.82) is 0 Å². The average molecular weight is 373 g/mol. The van der Waals surface area contributed by atoms with Crippen molar-refractivity contribution in [3.8, 4) is 0 Å². The number of amides is 1. The summed E-state index contributed by atoms with van der Waals surface area (Å²) in [6.45, 7) is 1.83. The molecule has 0 unspecified atom stereocenters. The lowest BCUT2D eigenvalue weighted by molar-refractivity contribution is -0.120. The molecule has 0 aliphatic heterocycles. The Morgan fingerprint density at radius 3 is 2.54 bits per heavy atom. The summed E-state index contributed by atoms with van der Waals surface area (Å²) in [6.07, 6.45) is 0. The van der Waals surface area contributed by atoms with Crippen LogP contribution in [0.1, 0.15) is 12.5 Å². The molecule has 2 rings (SSSR count). The van der Waals surface area contributed by atoms with Crippen LogP contribution in [0.5, 0.6) is 0 Å². The van der Waals surface area contributed by atoms with Gasteiger partial charge in [-0.3, -0.25) is 9.69 Å². The van der Waals surface area contributed by atoms with Crippen molar-refractivity contribution in [2.24, 2.45) is 0 Å². The predicted molar refractivity (Wildman–Crippen MR) is 92.4 cm³/mol. The third-order valence-corrected chi connectivity index (χ3v) is 4.37. The van der Waals surface area contributed by atoms with Crippen LogP contribution in [0, 0.1) is 11.6 Å². The highest BCUT2D eigenvalue weighted by Crippen LogP contribution is 2.24. The topological polar surface area (TPSA) is 32.3 Å². The van der Waals surface area contributed by atoms with E-state index in [4.69, 9.17) is 23.2 Å². The van der Waals surface area contributed by atoms with Crippen molar-refractivity contribution in [2.45, 2.75) is 19.5 Å². The number of rotatable bonds is 5. The van der Waals surface area contributed by atoms with Crippen LogP contribution in [0.15, 0.2) is 36.4 Å². The normalized spacial score (nSPS) is 12.3. The Hall–Kier alpha value is -1.69. The van der Waals surface area contributed by atoms with E-state index in [2.05, 4.69) is 5.32 Å². The number of benzene rings is 2. The predicted octanol–water partition coefficient (Wildman–Crippen LogP) is 4.73. The molecule has 24 heavy (non-hydrogen) atoms. The van der Waals surface area contributed by atoms with Gasteiger partial charge in [0.1, 0.15) is 11.6 Å². The molecular formula is C17H16Cl2F2N2O. The summed E-state index contributed by atoms with van der Waals surface area (Å²) in [4.78, 5) is 14.0. The maximum absolute atomic E-state index is 13.8. The molecule has 0 aliphatic rings. The van der Waals surface area contributed by atoms with Gasteiger partial charge in [-0.2, -0.15) is 0 Å². The lowest BCUT2D eigenvalue weighted by Gasteiger charge is -2.24. The summed E-state index contributed by atoms with van der Waals surface area (Å²) >= 11 is 11.9. The number of halogens is 4. The molecule has 128 valence electrons. The summed E-state index contributed by atoms with van der Waals surface area (Å²) in [7, 11) is 1.68. The van der Waals surface area contributed by atoms with Crippen molar-refractivity contribution in [2.75, 3.05) is 12.4 Å². The molecule has 0 aromatic heterocycles. The summed E-state index contributed by atoms with van der Waals surface area (Å²) in [5, 5.41) is 3.04. The van der Waals surface area contributed by atoms with E-state index >= 15 is 0 Å². The van der Waals surface area contributed by atoms with Gasteiger partial charge in [0.05, 0.1) is 16.8 Å². The van der Waals surface area contributed by atoms with Crippen LogP contribution in [-0.4, -0.2) is 23.9 Å². The van der Waals surface area contributed by atoms with Crippen molar-refractivity contribution < 1.29 is 13.6 Å². The van der Waals surface area contributed by atoms with Gasteiger partial charge in [-0.25, -0.2) is 8.78 Å². The molecule has 0 radical (unpaired) electrons. The minimum absolute atomic E-state index is 0.107. The Morgan fingerprint density at radius 2 is 1.92 bits per heavy atom. The van der Waals surface area contributed by atoms with Crippen molar-refractivity contribution in [3.63, 3.8) is 0 Å². The third-order valence-electron chi connectivity index (χ3n) is 3.70. The molecule has 0 fully saturated rings. The molecule has 0 saturated heterocycles. The van der Waals surface area contributed by atoms with Gasteiger partial charge >= 0.3 is 0 Å². The minimum atomic E-state index is -0.582. The second-order valence-corrected chi connectivity index (χ2v) is 6.22. The minimum Gasteiger partial charge on any atom is -0.323 e. The third kappa shape index (κ3) is 4.44. The molecule has 2 aromatic carbocycles. The fourth-order valence-electron chi connectivity index (χ4n) is 2.10. The molecule has 1 N–H and O–H groups in total. The van der Waals surface area contributed by atoms with Crippen molar-refractivity contribution in [1.82, 2.24) is 4.90 Å². The van der Waals surface area contributed by atoms with E-state index in [0.717, 1.165) is 6.07 Å². The van der Waals surface area contributed by atoms with Crippen LogP contribution in [0.3, 0.4) is 0 Å². The molecule has 2 aromatic rings. The molecule has 1 amide bonds. The van der Waals surface area contributed by atoms with E-state index in [-0.39, 0.29) is 17.5 Å². The first-order chi connectivity index (χ1) is 11.3. The van der Waals surface area contributed by atoms with E-state index in [1.54, 1.807) is 24.9 Å². The van der Waals surface area contributed by atoms with E-state index in [9.17, 15) is 13.6 Å². The fraction of sp³-hybridized carbons (Fsp3) is 0.235. The molecule has 0 aliphatic carbocycles. The molecule has 3 nitrogen and oxygen atoms in total. The van der Waals surface area contributed by atoms with E-state index in [1.807, 2.05) is 0 Å². The van der Waals surface area contributed by atoms with Crippen LogP contribution >= 0.6 is 23.2 Å². The number of likely N-dealkylation sites (N-methyl/N-ethyl adjacent to an activating group) is 1. The lowest BCUT2D eigenvalue weighted by atomic mass is 10.1. The molecule has 7 heteroatoms. The molecular weight excluding hydrogens is 357 g/mol. The lowest BCUT2D eigenvalue weighted by Crippen LogP contribution is -2.39. The average Bonchev–Trinajstić information content (AvgIpc) is 2.52. The van der Waals surface area contributed by atoms with E-state index in [1.165, 1.54) is 24.3 Å². The van der Waals surface area contributed by atoms with Gasteiger partial charge in [0.15, 0.2) is 0 Å². The quantitative estimate of drug-likeness (QED) is 0.822. The molecule has 1 atom stereocenters. The van der Waals surface area contributed by atoms with Gasteiger partial charge in [0.2, 0.25) is 5.91 Å². The first kappa shape index (κ1) is 18.6. The first-order valence-corrected chi connectivity index (χ1v) is 7.94. The Morgan fingerprint density at radius 1 is 1.21 bits per heavy atom. The highest BCUT2D eigenvalue weighted by Gasteiger charge is 2.21. The number of nitrogens with zero attached hydrogens (tertiary/aromatic N) is 1. The van der Waals surface area contributed by atoms with Crippen LogP contribution in [-0.2, 0) is 11.3 Å². The fourth-order valence-corrected chi connectivity index (χ4v) is 2.54. The Kier molecular flexibility index (Phi) is 6.15. The van der Waals surface area contributed by atoms with Crippen LogP contribution in [0.2, 0.25) is 10.0 Å². The molecule has 0 spiro atoms. The number of nitrogens with one attached hydrogen (secondary N) is 1. The number of hydrogen-bond acceptors (Lipinski definition) is 2. The van der Waals surface area contributed by atoms with Crippen LogP contribution in [0.25, 0.3) is 0 Å². The standard InChI is InChI=1S/C17H16Cl2F2N2O/c1-10(17(24)22-16-7-6-11(20)8-14(16)19)23(2)9-12-13(18)4-3-5-15(12)21/h3-8,10H,9H2,1-2H3,(H,22,24)/t10-/m0/s1. The van der Waals surface area contributed by atoms with Gasteiger partial charge in [-0.1, -0.05) is 29.3 Å². The van der Waals surface area contributed by atoms with Gasteiger partial charge in [-0.15, -0.1) is 0 Å². The summed E-state index contributed by atoms with van der Waals surface area (Å²) in [5.74, 6) is -1.26. The smallest absolute Gasteiger partial charge is 0.241 e. The summed E-state index contributed by atoms with van der Waals surface area (Å²) in [5.41, 5.74) is 0.633. The number of hydrogen-bond donors (Lipinski definition) is 1. The van der Waals surface area contributed by atoms with Gasteiger partial charge in [0, 0.05) is 17.1 Å². The van der Waals surface area contributed by atoms with Crippen molar-refractivity contribution >= 4 is 34.8 Å².